The van der Waals surface area contributed by atoms with Gasteiger partial charge in [-0.2, -0.15) is 0 Å². The van der Waals surface area contributed by atoms with Crippen molar-refractivity contribution in [2.45, 2.75) is 32.6 Å². The maximum Gasteiger partial charge on any atom is 0.324 e. The molecule has 0 radical (unpaired) electrons. The van der Waals surface area contributed by atoms with Crippen molar-refractivity contribution in [3.63, 3.8) is 0 Å². The number of anilines is 2. The zero-order valence-corrected chi connectivity index (χ0v) is 22.7. The fourth-order valence-electron chi connectivity index (χ4n) is 4.36. The SMILES string of the molecule is COCCCc1cc(Cl)c(Cl)cc1NC(=O)Nc1c(C)c(OC[C@H]2CCCNC2)nn1-c1ccccc1. The lowest BCUT2D eigenvalue weighted by Gasteiger charge is -2.22. The molecule has 2 heterocycles. The molecule has 0 saturated carbocycles. The van der Waals surface area contributed by atoms with Crippen LogP contribution >= 0.6 is 23.2 Å². The molecule has 1 fully saturated rings. The number of aryl methyl sites for hydroxylation is 1. The van der Waals surface area contributed by atoms with Gasteiger partial charge in [-0.3, -0.25) is 5.32 Å². The normalized spacial score (nSPS) is 15.4. The first-order chi connectivity index (χ1) is 18.0. The van der Waals surface area contributed by atoms with E-state index in [9.17, 15) is 4.79 Å². The highest BCUT2D eigenvalue weighted by atomic mass is 35.5. The summed E-state index contributed by atoms with van der Waals surface area (Å²) in [6.45, 7) is 5.04. The van der Waals surface area contributed by atoms with E-state index < -0.39 is 6.03 Å². The van der Waals surface area contributed by atoms with Crippen molar-refractivity contribution >= 4 is 40.7 Å². The molecule has 1 saturated heterocycles. The summed E-state index contributed by atoms with van der Waals surface area (Å²) in [4.78, 5) is 13.2. The number of nitrogens with one attached hydrogen (secondary N) is 3. The van der Waals surface area contributed by atoms with Crippen molar-refractivity contribution in [2.75, 3.05) is 44.0 Å². The van der Waals surface area contributed by atoms with Crippen molar-refractivity contribution < 1.29 is 14.3 Å². The number of rotatable bonds is 10. The lowest BCUT2D eigenvalue weighted by atomic mass is 10.0. The van der Waals surface area contributed by atoms with Crippen LogP contribution in [-0.2, 0) is 11.2 Å². The van der Waals surface area contributed by atoms with Crippen LogP contribution in [0.3, 0.4) is 0 Å². The van der Waals surface area contributed by atoms with Crippen LogP contribution in [0.25, 0.3) is 5.69 Å². The minimum atomic E-state index is -0.422. The van der Waals surface area contributed by atoms with Crippen molar-refractivity contribution in [3.8, 4) is 11.6 Å². The highest BCUT2D eigenvalue weighted by molar-refractivity contribution is 6.42. The Hall–Kier alpha value is -2.78. The second-order valence-corrected chi connectivity index (χ2v) is 9.96. The largest absolute Gasteiger partial charge is 0.476 e. The van der Waals surface area contributed by atoms with Crippen molar-refractivity contribution in [2.24, 2.45) is 5.92 Å². The third-order valence-corrected chi connectivity index (χ3v) is 7.08. The molecule has 1 atom stereocenters. The molecule has 0 unspecified atom stereocenters. The summed E-state index contributed by atoms with van der Waals surface area (Å²) < 4.78 is 13.0. The van der Waals surface area contributed by atoms with Crippen LogP contribution in [0.2, 0.25) is 10.0 Å². The number of carbonyl (C=O) groups excluding carboxylic acids is 1. The van der Waals surface area contributed by atoms with Gasteiger partial charge in [-0.15, -0.1) is 5.10 Å². The van der Waals surface area contributed by atoms with Crippen LogP contribution in [0.15, 0.2) is 42.5 Å². The number of urea groups is 1. The van der Waals surface area contributed by atoms with Crippen molar-refractivity contribution in [3.05, 3.63) is 63.6 Å². The van der Waals surface area contributed by atoms with Gasteiger partial charge in [0.1, 0.15) is 5.82 Å². The summed E-state index contributed by atoms with van der Waals surface area (Å²) in [5.41, 5.74) is 3.02. The molecule has 3 aromatic rings. The minimum Gasteiger partial charge on any atom is -0.476 e. The second kappa shape index (κ2) is 13.1. The molecular weight excluding hydrogens is 513 g/mol. The molecule has 1 aromatic heterocycles. The Labute approximate surface area is 227 Å². The molecule has 0 bridgehead atoms. The molecule has 1 aliphatic rings. The van der Waals surface area contributed by atoms with E-state index in [0.717, 1.165) is 49.2 Å². The monoisotopic (exact) mass is 545 g/mol. The van der Waals surface area contributed by atoms with Gasteiger partial charge >= 0.3 is 6.03 Å². The average Bonchev–Trinajstić information content (AvgIpc) is 3.21. The second-order valence-electron chi connectivity index (χ2n) is 9.15. The smallest absolute Gasteiger partial charge is 0.324 e. The van der Waals surface area contributed by atoms with Crippen LogP contribution in [0.4, 0.5) is 16.3 Å². The van der Waals surface area contributed by atoms with E-state index in [0.29, 0.717) is 53.0 Å². The van der Waals surface area contributed by atoms with E-state index in [-0.39, 0.29) is 0 Å². The Bertz CT molecular complexity index is 1200. The molecule has 8 nitrogen and oxygen atoms in total. The van der Waals surface area contributed by atoms with Gasteiger partial charge in [-0.1, -0.05) is 41.4 Å². The van der Waals surface area contributed by atoms with Crippen LogP contribution in [-0.4, -0.2) is 49.2 Å². The van der Waals surface area contributed by atoms with E-state index >= 15 is 0 Å². The van der Waals surface area contributed by atoms with E-state index in [4.69, 9.17) is 37.8 Å². The Morgan fingerprint density at radius 1 is 1.19 bits per heavy atom. The molecule has 0 spiro atoms. The van der Waals surface area contributed by atoms with Gasteiger partial charge in [0.25, 0.3) is 0 Å². The van der Waals surface area contributed by atoms with Gasteiger partial charge in [0, 0.05) is 31.9 Å². The van der Waals surface area contributed by atoms with Crippen molar-refractivity contribution in [1.29, 1.82) is 0 Å². The number of aromatic nitrogens is 2. The van der Waals surface area contributed by atoms with E-state index in [1.54, 1.807) is 23.9 Å². The highest BCUT2D eigenvalue weighted by Gasteiger charge is 2.22. The topological polar surface area (TPSA) is 89.4 Å². The number of para-hydroxylation sites is 1. The Balaban J connectivity index is 1.55. The third-order valence-electron chi connectivity index (χ3n) is 6.35. The molecule has 1 aliphatic heterocycles. The highest BCUT2D eigenvalue weighted by Crippen LogP contribution is 2.32. The number of ether oxygens (including phenoxy) is 2. The van der Waals surface area contributed by atoms with Crippen molar-refractivity contribution in [1.82, 2.24) is 15.1 Å². The predicted octanol–water partition coefficient (Wildman–Crippen LogP) is 6.09. The van der Waals surface area contributed by atoms with Gasteiger partial charge in [-0.05, 0) is 69.0 Å². The zero-order valence-electron chi connectivity index (χ0n) is 21.2. The lowest BCUT2D eigenvalue weighted by molar-refractivity contribution is 0.195. The molecule has 2 aromatic carbocycles. The quantitative estimate of drug-likeness (QED) is 0.268. The number of piperidine rings is 1. The predicted molar refractivity (Wildman–Crippen MR) is 149 cm³/mol. The van der Waals surface area contributed by atoms with Crippen LogP contribution in [0.5, 0.6) is 5.88 Å². The summed E-state index contributed by atoms with van der Waals surface area (Å²) in [5, 5.41) is 14.8. The minimum absolute atomic E-state index is 0.367. The first-order valence-electron chi connectivity index (χ1n) is 12.5. The number of halogens is 2. The molecule has 2 amide bonds. The summed E-state index contributed by atoms with van der Waals surface area (Å²) in [6.07, 6.45) is 3.72. The molecule has 0 aliphatic carbocycles. The first-order valence-corrected chi connectivity index (χ1v) is 13.2. The number of nitrogens with zero attached hydrogens (tertiary/aromatic N) is 2. The summed E-state index contributed by atoms with van der Waals surface area (Å²) in [7, 11) is 1.66. The van der Waals surface area contributed by atoms with Gasteiger partial charge < -0.3 is 20.1 Å². The fraction of sp³-hybridized carbons (Fsp3) is 0.407. The number of hydrogen-bond acceptors (Lipinski definition) is 5. The first kappa shape index (κ1) is 27.3. The van der Waals surface area contributed by atoms with Crippen LogP contribution in [0, 0.1) is 12.8 Å². The number of carbonyl (C=O) groups is 1. The Morgan fingerprint density at radius 3 is 2.70 bits per heavy atom. The molecule has 198 valence electrons. The van der Waals surface area contributed by atoms with Crippen LogP contribution < -0.4 is 20.7 Å². The third kappa shape index (κ3) is 7.17. The maximum atomic E-state index is 13.2. The molecule has 10 heteroatoms. The molecular formula is C27H33Cl2N5O3. The van der Waals surface area contributed by atoms with E-state index in [2.05, 4.69) is 16.0 Å². The summed E-state index contributed by atoms with van der Waals surface area (Å²) >= 11 is 12.5. The standard InChI is InChI=1S/C27H33Cl2N5O3/c1-18-25(32-27(35)31-24-15-23(29)22(28)14-20(24)9-7-13-36-2)34(21-10-4-3-5-11-21)33-26(18)37-17-19-8-6-12-30-16-19/h3-5,10-11,14-15,19,30H,6-9,12-13,16-17H2,1-2H3,(H2,31,32,35)/t19-/m0/s1. The number of hydrogen-bond donors (Lipinski definition) is 3. The van der Waals surface area contributed by atoms with Crippen LogP contribution in [0.1, 0.15) is 30.4 Å². The van der Waals surface area contributed by atoms with Gasteiger partial charge in [0.05, 0.1) is 27.9 Å². The van der Waals surface area contributed by atoms with Gasteiger partial charge in [-0.25, -0.2) is 9.48 Å². The number of benzene rings is 2. The molecule has 4 rings (SSSR count). The van der Waals surface area contributed by atoms with E-state index in [1.807, 2.05) is 37.3 Å². The van der Waals surface area contributed by atoms with E-state index in [1.165, 1.54) is 0 Å². The van der Waals surface area contributed by atoms with Gasteiger partial charge in [0.2, 0.25) is 5.88 Å². The lowest BCUT2D eigenvalue weighted by Crippen LogP contribution is -2.33. The maximum absolute atomic E-state index is 13.2. The average molecular weight is 546 g/mol. The number of methoxy groups -OCH3 is 1. The summed E-state index contributed by atoms with van der Waals surface area (Å²) in [6, 6.07) is 12.7. The number of amides is 2. The molecule has 37 heavy (non-hydrogen) atoms. The Kier molecular flexibility index (Phi) is 9.68. The fourth-order valence-corrected chi connectivity index (χ4v) is 4.71. The summed E-state index contributed by atoms with van der Waals surface area (Å²) in [5.74, 6) is 1.46. The Morgan fingerprint density at radius 2 is 1.97 bits per heavy atom. The van der Waals surface area contributed by atoms with Gasteiger partial charge in [0.15, 0.2) is 0 Å². The zero-order chi connectivity index (χ0) is 26.2. The molecule has 3 N–H and O–H groups in total.